The molecule has 0 N–H and O–H groups in total. The third-order valence-corrected chi connectivity index (χ3v) is 10.2. The Morgan fingerprint density at radius 1 is 1.00 bits per heavy atom. The van der Waals surface area contributed by atoms with Gasteiger partial charge in [-0.2, -0.15) is 0 Å². The minimum absolute atomic E-state index is 0.0415. The van der Waals surface area contributed by atoms with Crippen LogP contribution in [0.15, 0.2) is 23.3 Å². The number of esters is 2. The van der Waals surface area contributed by atoms with Gasteiger partial charge in [0.15, 0.2) is 11.9 Å². The fourth-order valence-corrected chi connectivity index (χ4v) is 8.56. The van der Waals surface area contributed by atoms with Crippen LogP contribution in [-0.4, -0.2) is 29.9 Å². The Kier molecular flexibility index (Phi) is 7.61. The van der Waals surface area contributed by atoms with Gasteiger partial charge in [-0.05, 0) is 79.3 Å². The van der Waals surface area contributed by atoms with Crippen LogP contribution in [0.5, 0.6) is 0 Å². The van der Waals surface area contributed by atoms with Crippen molar-refractivity contribution in [1.82, 2.24) is 0 Å². The predicted molar refractivity (Wildman–Crippen MR) is 140 cm³/mol. The molecule has 2 fully saturated rings. The Bertz CT molecular complexity index is 960. The zero-order valence-corrected chi connectivity index (χ0v) is 23.4. The van der Waals surface area contributed by atoms with Gasteiger partial charge in [0.1, 0.15) is 6.10 Å². The molecule has 0 amide bonds. The summed E-state index contributed by atoms with van der Waals surface area (Å²) in [5, 5.41) is 0. The van der Waals surface area contributed by atoms with E-state index in [1.165, 1.54) is 51.5 Å². The molecular formula is C31H46O5. The molecule has 2 saturated carbocycles. The fraction of sp³-hybridized carbons (Fsp3) is 0.774. The first-order chi connectivity index (χ1) is 16.9. The van der Waals surface area contributed by atoms with Gasteiger partial charge in [0.2, 0.25) is 0 Å². The number of carbonyl (C=O) groups is 3. The summed E-state index contributed by atoms with van der Waals surface area (Å²) in [6, 6.07) is 0. The van der Waals surface area contributed by atoms with Crippen molar-refractivity contribution in [3.8, 4) is 0 Å². The third kappa shape index (κ3) is 4.84. The molecule has 4 aliphatic carbocycles. The van der Waals surface area contributed by atoms with Crippen LogP contribution in [0, 0.1) is 40.4 Å². The topological polar surface area (TPSA) is 69.7 Å². The largest absolute Gasteiger partial charge is 0.458 e. The molecule has 8 atom stereocenters. The first-order valence-corrected chi connectivity index (χ1v) is 14.2. The molecule has 4 aliphatic rings. The van der Waals surface area contributed by atoms with E-state index in [4.69, 9.17) is 9.47 Å². The molecule has 4 rings (SSSR count). The molecule has 5 nitrogen and oxygen atoms in total. The van der Waals surface area contributed by atoms with E-state index in [9.17, 15) is 14.4 Å². The maximum Gasteiger partial charge on any atom is 0.303 e. The minimum atomic E-state index is -0.718. The van der Waals surface area contributed by atoms with Crippen LogP contribution < -0.4 is 0 Å². The van der Waals surface area contributed by atoms with Crippen molar-refractivity contribution in [3.05, 3.63) is 23.3 Å². The molecule has 0 heterocycles. The van der Waals surface area contributed by atoms with Crippen molar-refractivity contribution in [2.24, 2.45) is 40.4 Å². The Balaban J connectivity index is 1.62. The monoisotopic (exact) mass is 498 g/mol. The molecule has 36 heavy (non-hydrogen) atoms. The Labute approximate surface area is 217 Å². The summed E-state index contributed by atoms with van der Waals surface area (Å²) in [5.74, 6) is 2.06. The lowest BCUT2D eigenvalue weighted by Crippen LogP contribution is -2.52. The van der Waals surface area contributed by atoms with E-state index in [2.05, 4.69) is 34.6 Å². The van der Waals surface area contributed by atoms with E-state index in [0.717, 1.165) is 24.3 Å². The van der Waals surface area contributed by atoms with Gasteiger partial charge in [0, 0.05) is 24.8 Å². The van der Waals surface area contributed by atoms with E-state index in [1.54, 1.807) is 6.08 Å². The second-order valence-electron chi connectivity index (χ2n) is 13.1. The van der Waals surface area contributed by atoms with Gasteiger partial charge in [-0.1, -0.05) is 59.5 Å². The fourth-order valence-electron chi connectivity index (χ4n) is 8.56. The lowest BCUT2D eigenvalue weighted by atomic mass is 9.49. The van der Waals surface area contributed by atoms with E-state index in [1.807, 2.05) is 6.08 Å². The van der Waals surface area contributed by atoms with Crippen LogP contribution >= 0.6 is 0 Å². The number of hydrogen-bond donors (Lipinski definition) is 0. The maximum atomic E-state index is 13.6. The highest BCUT2D eigenvalue weighted by Crippen LogP contribution is 2.66. The SMILES string of the molecule is CC(=O)O[C@H]1C=C2C(=O)C=C3[C@@H]4CC[C@H]([C@H](C)CCCC(C)C)[C@@]4(C)CC[C@@H]3[C@@]2(C)C[C@H]1OC(C)=O. The van der Waals surface area contributed by atoms with E-state index >= 15 is 0 Å². The predicted octanol–water partition coefficient (Wildman–Crippen LogP) is 6.60. The maximum absolute atomic E-state index is 13.6. The van der Waals surface area contributed by atoms with Crippen LogP contribution in [0.2, 0.25) is 0 Å². The molecule has 0 aromatic rings. The summed E-state index contributed by atoms with van der Waals surface area (Å²) >= 11 is 0. The van der Waals surface area contributed by atoms with Crippen molar-refractivity contribution >= 4 is 17.7 Å². The molecule has 0 unspecified atom stereocenters. The molecule has 0 spiro atoms. The van der Waals surface area contributed by atoms with E-state index in [-0.39, 0.29) is 17.1 Å². The van der Waals surface area contributed by atoms with Crippen LogP contribution in [-0.2, 0) is 23.9 Å². The number of rotatable bonds is 7. The van der Waals surface area contributed by atoms with Gasteiger partial charge in [0.25, 0.3) is 0 Å². The number of fused-ring (bicyclic) bond motifs is 5. The highest BCUT2D eigenvalue weighted by molar-refractivity contribution is 6.07. The molecule has 0 saturated heterocycles. The van der Waals surface area contributed by atoms with Gasteiger partial charge >= 0.3 is 11.9 Å². The second kappa shape index (κ2) is 10.1. The summed E-state index contributed by atoms with van der Waals surface area (Å²) in [5.41, 5.74) is 1.88. The molecular weight excluding hydrogens is 452 g/mol. The van der Waals surface area contributed by atoms with Crippen LogP contribution in [0.3, 0.4) is 0 Å². The Morgan fingerprint density at radius 3 is 2.33 bits per heavy atom. The smallest absolute Gasteiger partial charge is 0.303 e. The van der Waals surface area contributed by atoms with Crippen molar-refractivity contribution < 1.29 is 23.9 Å². The average molecular weight is 499 g/mol. The standard InChI is InChI=1S/C31H46O5/c1-18(2)9-8-10-19(3)23-11-12-24-22-15-27(34)26-16-28(35-20(4)32)29(36-21(5)33)17-31(26,7)25(22)13-14-30(23,24)6/h15-16,18-19,23-25,28-29H,8-14,17H2,1-7H3/t19-,23-,24+,25+,28+,29-,30-,31-/m1/s1. The van der Waals surface area contributed by atoms with Crippen molar-refractivity contribution in [3.63, 3.8) is 0 Å². The van der Waals surface area contributed by atoms with Crippen molar-refractivity contribution in [2.75, 3.05) is 0 Å². The highest BCUT2D eigenvalue weighted by atomic mass is 16.6. The molecule has 0 bridgehead atoms. The summed E-state index contributed by atoms with van der Waals surface area (Å²) in [6.07, 6.45) is 11.4. The Hall–Kier alpha value is -1.91. The zero-order chi connectivity index (χ0) is 26.4. The van der Waals surface area contributed by atoms with Gasteiger partial charge in [0.05, 0.1) is 0 Å². The second-order valence-corrected chi connectivity index (χ2v) is 13.1. The van der Waals surface area contributed by atoms with E-state index < -0.39 is 29.6 Å². The quantitative estimate of drug-likeness (QED) is 0.370. The molecule has 5 heteroatoms. The highest BCUT2D eigenvalue weighted by Gasteiger charge is 2.59. The van der Waals surface area contributed by atoms with Crippen LogP contribution in [0.1, 0.15) is 99.8 Å². The molecule has 0 aromatic heterocycles. The van der Waals surface area contributed by atoms with Gasteiger partial charge in [-0.25, -0.2) is 0 Å². The van der Waals surface area contributed by atoms with Gasteiger partial charge < -0.3 is 9.47 Å². The molecule has 0 radical (unpaired) electrons. The summed E-state index contributed by atoms with van der Waals surface area (Å²) in [6.45, 7) is 14.5. The average Bonchev–Trinajstić information content (AvgIpc) is 3.11. The lowest BCUT2D eigenvalue weighted by molar-refractivity contribution is -0.166. The number of carbonyl (C=O) groups excluding carboxylic acids is 3. The van der Waals surface area contributed by atoms with E-state index in [0.29, 0.717) is 24.2 Å². The number of hydrogen-bond acceptors (Lipinski definition) is 5. The summed E-state index contributed by atoms with van der Waals surface area (Å²) < 4.78 is 11.1. The third-order valence-electron chi connectivity index (χ3n) is 10.2. The number of allylic oxidation sites excluding steroid dienone is 3. The van der Waals surface area contributed by atoms with Gasteiger partial charge in [-0.15, -0.1) is 0 Å². The molecule has 200 valence electrons. The zero-order valence-electron chi connectivity index (χ0n) is 23.4. The normalized spacial score (nSPS) is 38.3. The first kappa shape index (κ1) is 27.1. The minimum Gasteiger partial charge on any atom is -0.458 e. The van der Waals surface area contributed by atoms with Gasteiger partial charge in [-0.3, -0.25) is 14.4 Å². The number of ether oxygens (including phenoxy) is 2. The van der Waals surface area contributed by atoms with Crippen LogP contribution in [0.25, 0.3) is 0 Å². The first-order valence-electron chi connectivity index (χ1n) is 14.2. The molecule has 0 aliphatic heterocycles. The molecule has 0 aromatic carbocycles. The number of ketones is 1. The lowest BCUT2D eigenvalue weighted by Gasteiger charge is -2.55. The summed E-state index contributed by atoms with van der Waals surface area (Å²) in [4.78, 5) is 37.2. The van der Waals surface area contributed by atoms with Crippen LogP contribution in [0.4, 0.5) is 0 Å². The van der Waals surface area contributed by atoms with Crippen molar-refractivity contribution in [2.45, 2.75) is 112 Å². The summed E-state index contributed by atoms with van der Waals surface area (Å²) in [7, 11) is 0. The van der Waals surface area contributed by atoms with Crippen molar-refractivity contribution in [1.29, 1.82) is 0 Å². The Morgan fingerprint density at radius 2 is 1.69 bits per heavy atom.